The Morgan fingerprint density at radius 3 is 2.52 bits per heavy atom. The third-order valence-electron chi connectivity index (χ3n) is 6.64. The largest absolute Gasteiger partial charge is 0.356 e. The van der Waals surface area contributed by atoms with Crippen LogP contribution in [0.15, 0.2) is 79.1 Å². The molecule has 0 radical (unpaired) electrons. The molecule has 33 heavy (non-hydrogen) atoms. The van der Waals surface area contributed by atoms with Crippen molar-refractivity contribution >= 4 is 11.8 Å². The van der Waals surface area contributed by atoms with Gasteiger partial charge in [0.2, 0.25) is 11.8 Å². The van der Waals surface area contributed by atoms with Gasteiger partial charge in [-0.05, 0) is 61.1 Å². The first-order valence-corrected chi connectivity index (χ1v) is 11.6. The van der Waals surface area contributed by atoms with E-state index in [9.17, 15) is 9.59 Å². The lowest BCUT2D eigenvalue weighted by molar-refractivity contribution is -0.134. The molecule has 1 N–H and O–H groups in total. The van der Waals surface area contributed by atoms with Gasteiger partial charge < -0.3 is 10.2 Å². The Labute approximate surface area is 195 Å². The first-order valence-electron chi connectivity index (χ1n) is 11.6. The van der Waals surface area contributed by atoms with Crippen LogP contribution in [-0.2, 0) is 16.0 Å². The maximum atomic E-state index is 13.3. The van der Waals surface area contributed by atoms with Gasteiger partial charge in [-0.3, -0.25) is 14.6 Å². The molecule has 1 aromatic heterocycles. The van der Waals surface area contributed by atoms with Crippen molar-refractivity contribution in [2.24, 2.45) is 5.41 Å². The molecule has 5 heteroatoms. The lowest BCUT2D eigenvalue weighted by atomic mass is 9.79. The Kier molecular flexibility index (Phi) is 6.87. The number of benzene rings is 2. The van der Waals surface area contributed by atoms with Crippen LogP contribution in [0.1, 0.15) is 37.3 Å². The molecule has 0 saturated carbocycles. The third kappa shape index (κ3) is 4.98. The van der Waals surface area contributed by atoms with Crippen molar-refractivity contribution in [2.75, 3.05) is 19.6 Å². The number of pyridine rings is 1. The molecular weight excluding hydrogens is 410 g/mol. The Hall–Kier alpha value is -3.47. The van der Waals surface area contributed by atoms with Crippen LogP contribution in [0.3, 0.4) is 0 Å². The fourth-order valence-corrected chi connectivity index (χ4v) is 4.77. The summed E-state index contributed by atoms with van der Waals surface area (Å²) in [4.78, 5) is 32.5. The van der Waals surface area contributed by atoms with Gasteiger partial charge in [0.25, 0.3) is 0 Å². The topological polar surface area (TPSA) is 62.3 Å². The van der Waals surface area contributed by atoms with Crippen molar-refractivity contribution in [3.05, 3.63) is 90.3 Å². The first kappa shape index (κ1) is 22.7. The Morgan fingerprint density at radius 2 is 1.79 bits per heavy atom. The molecule has 0 unspecified atom stereocenters. The van der Waals surface area contributed by atoms with Crippen molar-refractivity contribution in [3.8, 4) is 11.1 Å². The Morgan fingerprint density at radius 1 is 1.03 bits per heavy atom. The smallest absolute Gasteiger partial charge is 0.229 e. The summed E-state index contributed by atoms with van der Waals surface area (Å²) in [6, 6.07) is 22.1. The van der Waals surface area contributed by atoms with Crippen LogP contribution in [0.4, 0.5) is 0 Å². The predicted octanol–water partition coefficient (Wildman–Crippen LogP) is 4.45. The van der Waals surface area contributed by atoms with E-state index in [1.165, 1.54) is 0 Å². The molecule has 170 valence electrons. The van der Waals surface area contributed by atoms with Gasteiger partial charge in [0.1, 0.15) is 0 Å². The van der Waals surface area contributed by atoms with E-state index in [0.717, 1.165) is 22.3 Å². The number of amides is 2. The highest BCUT2D eigenvalue weighted by molar-refractivity contribution is 5.88. The number of carbonyl (C=O) groups excluding carboxylic acids is 2. The number of likely N-dealkylation sites (tertiary alicyclic amines) is 1. The highest BCUT2D eigenvalue weighted by Gasteiger charge is 2.46. The van der Waals surface area contributed by atoms with Crippen LogP contribution < -0.4 is 5.32 Å². The van der Waals surface area contributed by atoms with Crippen LogP contribution in [0.2, 0.25) is 0 Å². The summed E-state index contributed by atoms with van der Waals surface area (Å²) in [5.74, 6) is -0.119. The van der Waals surface area contributed by atoms with Gasteiger partial charge in [0.05, 0.1) is 11.3 Å². The summed E-state index contributed by atoms with van der Waals surface area (Å²) in [6.45, 7) is 5.49. The van der Waals surface area contributed by atoms with Crippen LogP contribution in [-0.4, -0.2) is 41.3 Å². The molecule has 0 aliphatic carbocycles. The van der Waals surface area contributed by atoms with E-state index in [1.54, 1.807) is 12.4 Å². The molecule has 5 nitrogen and oxygen atoms in total. The minimum absolute atomic E-state index is 0.0296. The SMILES string of the molecule is CCNC(=O)[C@@]1(Cc2cccc(-c3ccncc3)c2)CCN(C(=O)[C@H](C)c2ccccc2)C1. The molecular formula is C28H31N3O2. The van der Waals surface area contributed by atoms with E-state index >= 15 is 0 Å². The third-order valence-corrected chi connectivity index (χ3v) is 6.64. The van der Waals surface area contributed by atoms with E-state index in [0.29, 0.717) is 32.5 Å². The summed E-state index contributed by atoms with van der Waals surface area (Å²) in [5.41, 5.74) is 3.67. The number of hydrogen-bond acceptors (Lipinski definition) is 3. The normalized spacial score (nSPS) is 18.7. The van der Waals surface area contributed by atoms with Crippen molar-refractivity contribution in [3.63, 3.8) is 0 Å². The molecule has 1 saturated heterocycles. The van der Waals surface area contributed by atoms with Gasteiger partial charge in [0, 0.05) is 32.0 Å². The van der Waals surface area contributed by atoms with E-state index in [4.69, 9.17) is 0 Å². The van der Waals surface area contributed by atoms with Crippen LogP contribution in [0.5, 0.6) is 0 Å². The van der Waals surface area contributed by atoms with Crippen molar-refractivity contribution in [1.82, 2.24) is 15.2 Å². The summed E-state index contributed by atoms with van der Waals surface area (Å²) in [6.07, 6.45) is 4.83. The maximum Gasteiger partial charge on any atom is 0.229 e. The zero-order chi connectivity index (χ0) is 23.3. The lowest BCUT2D eigenvalue weighted by Crippen LogP contribution is -2.45. The number of carbonyl (C=O) groups is 2. The molecule has 2 aromatic carbocycles. The Bertz CT molecular complexity index is 1100. The lowest BCUT2D eigenvalue weighted by Gasteiger charge is -2.29. The van der Waals surface area contributed by atoms with Gasteiger partial charge >= 0.3 is 0 Å². The van der Waals surface area contributed by atoms with E-state index in [-0.39, 0.29) is 17.7 Å². The molecule has 3 aromatic rings. The quantitative estimate of drug-likeness (QED) is 0.589. The molecule has 0 spiro atoms. The highest BCUT2D eigenvalue weighted by atomic mass is 16.2. The average Bonchev–Trinajstić information content (AvgIpc) is 3.30. The number of aromatic nitrogens is 1. The summed E-state index contributed by atoms with van der Waals surface area (Å²) < 4.78 is 0. The van der Waals surface area contributed by atoms with Gasteiger partial charge in [-0.1, -0.05) is 54.6 Å². The fourth-order valence-electron chi connectivity index (χ4n) is 4.77. The molecule has 1 aliphatic heterocycles. The molecule has 2 atom stereocenters. The van der Waals surface area contributed by atoms with E-state index in [2.05, 4.69) is 28.5 Å². The second-order valence-corrected chi connectivity index (χ2v) is 8.89. The molecule has 2 heterocycles. The maximum absolute atomic E-state index is 13.3. The standard InChI is InChI=1S/C28H31N3O2/c1-3-30-27(33)28(19-22-8-7-11-25(18-22)24-12-15-29-16-13-24)14-17-31(20-28)26(32)21(2)23-9-5-4-6-10-23/h4-13,15-16,18,21H,3,14,17,19-20H2,1-2H3,(H,30,33)/t21-,28-/m1/s1. The van der Waals surface area contributed by atoms with Gasteiger partial charge in [0.15, 0.2) is 0 Å². The van der Waals surface area contributed by atoms with E-state index in [1.807, 2.05) is 67.3 Å². The van der Waals surface area contributed by atoms with Crippen molar-refractivity contribution in [1.29, 1.82) is 0 Å². The minimum atomic E-state index is -0.626. The summed E-state index contributed by atoms with van der Waals surface area (Å²) in [7, 11) is 0. The summed E-state index contributed by atoms with van der Waals surface area (Å²) >= 11 is 0. The number of rotatable bonds is 7. The second-order valence-electron chi connectivity index (χ2n) is 8.89. The van der Waals surface area contributed by atoms with Crippen LogP contribution in [0, 0.1) is 5.41 Å². The van der Waals surface area contributed by atoms with Gasteiger partial charge in [-0.2, -0.15) is 0 Å². The number of nitrogens with one attached hydrogen (secondary N) is 1. The highest BCUT2D eigenvalue weighted by Crippen LogP contribution is 2.37. The molecule has 1 fully saturated rings. The predicted molar refractivity (Wildman–Crippen MR) is 131 cm³/mol. The number of hydrogen-bond donors (Lipinski definition) is 1. The molecule has 4 rings (SSSR count). The molecule has 0 bridgehead atoms. The van der Waals surface area contributed by atoms with Crippen LogP contribution >= 0.6 is 0 Å². The first-order chi connectivity index (χ1) is 16.0. The molecule has 1 aliphatic rings. The second kappa shape index (κ2) is 9.99. The molecule has 2 amide bonds. The van der Waals surface area contributed by atoms with Gasteiger partial charge in [-0.25, -0.2) is 0 Å². The average molecular weight is 442 g/mol. The monoisotopic (exact) mass is 441 g/mol. The minimum Gasteiger partial charge on any atom is -0.356 e. The number of nitrogens with zero attached hydrogens (tertiary/aromatic N) is 2. The van der Waals surface area contributed by atoms with Crippen LogP contribution in [0.25, 0.3) is 11.1 Å². The Balaban J connectivity index is 1.57. The van der Waals surface area contributed by atoms with Crippen molar-refractivity contribution in [2.45, 2.75) is 32.6 Å². The van der Waals surface area contributed by atoms with E-state index < -0.39 is 5.41 Å². The fraction of sp³-hybridized carbons (Fsp3) is 0.321. The van der Waals surface area contributed by atoms with Crippen molar-refractivity contribution < 1.29 is 9.59 Å². The summed E-state index contributed by atoms with van der Waals surface area (Å²) in [5, 5.41) is 3.03. The zero-order valence-electron chi connectivity index (χ0n) is 19.3. The zero-order valence-corrected chi connectivity index (χ0v) is 19.3. The van der Waals surface area contributed by atoms with Gasteiger partial charge in [-0.15, -0.1) is 0 Å².